The molecule has 20 heavy (non-hydrogen) atoms. The standard InChI is InChI=1S/C16H24N2O2/c1-13-5-7-15(8-6-13)20-12-16(19)18-11-3-2-4-14(18)9-10-17/h5-8,14H,2-4,9-12,17H2,1H3. The first-order valence-electron chi connectivity index (χ1n) is 7.39. The van der Waals surface area contributed by atoms with Crippen molar-refractivity contribution in [3.63, 3.8) is 0 Å². The van der Waals surface area contributed by atoms with Gasteiger partial charge in [-0.25, -0.2) is 0 Å². The van der Waals surface area contributed by atoms with E-state index in [9.17, 15) is 4.79 Å². The quantitative estimate of drug-likeness (QED) is 0.896. The van der Waals surface area contributed by atoms with Gasteiger partial charge in [0.05, 0.1) is 0 Å². The summed E-state index contributed by atoms with van der Waals surface area (Å²) in [6.07, 6.45) is 4.22. The molecule has 1 amide bonds. The predicted molar refractivity (Wildman–Crippen MR) is 79.7 cm³/mol. The summed E-state index contributed by atoms with van der Waals surface area (Å²) in [5, 5.41) is 0. The highest BCUT2D eigenvalue weighted by molar-refractivity contribution is 5.78. The van der Waals surface area contributed by atoms with E-state index in [-0.39, 0.29) is 12.5 Å². The average Bonchev–Trinajstić information content (AvgIpc) is 2.47. The lowest BCUT2D eigenvalue weighted by atomic mass is 9.99. The highest BCUT2D eigenvalue weighted by Crippen LogP contribution is 2.20. The zero-order valence-corrected chi connectivity index (χ0v) is 12.2. The number of amides is 1. The number of nitrogens with two attached hydrogens (primary N) is 1. The van der Waals surface area contributed by atoms with Gasteiger partial charge >= 0.3 is 0 Å². The van der Waals surface area contributed by atoms with Crippen LogP contribution in [0.3, 0.4) is 0 Å². The molecule has 0 bridgehead atoms. The first kappa shape index (κ1) is 14.9. The van der Waals surface area contributed by atoms with Crippen LogP contribution in [0.25, 0.3) is 0 Å². The largest absolute Gasteiger partial charge is 0.484 e. The van der Waals surface area contributed by atoms with E-state index in [4.69, 9.17) is 10.5 Å². The molecule has 1 aromatic rings. The van der Waals surface area contributed by atoms with Crippen LogP contribution in [-0.4, -0.2) is 36.5 Å². The minimum absolute atomic E-state index is 0.0729. The second-order valence-corrected chi connectivity index (χ2v) is 5.42. The highest BCUT2D eigenvalue weighted by atomic mass is 16.5. The van der Waals surface area contributed by atoms with Crippen molar-refractivity contribution in [2.75, 3.05) is 19.7 Å². The van der Waals surface area contributed by atoms with Crippen LogP contribution in [0.15, 0.2) is 24.3 Å². The second kappa shape index (κ2) is 7.29. The van der Waals surface area contributed by atoms with Gasteiger partial charge in [-0.2, -0.15) is 0 Å². The maximum atomic E-state index is 12.3. The fourth-order valence-corrected chi connectivity index (χ4v) is 2.68. The van der Waals surface area contributed by atoms with Crippen LogP contribution >= 0.6 is 0 Å². The molecule has 0 saturated carbocycles. The van der Waals surface area contributed by atoms with Crippen LogP contribution in [0, 0.1) is 6.92 Å². The Kier molecular flexibility index (Phi) is 5.41. The maximum Gasteiger partial charge on any atom is 0.260 e. The van der Waals surface area contributed by atoms with E-state index in [1.165, 1.54) is 12.0 Å². The van der Waals surface area contributed by atoms with Crippen molar-refractivity contribution in [1.82, 2.24) is 4.90 Å². The van der Waals surface area contributed by atoms with Crippen molar-refractivity contribution in [2.24, 2.45) is 5.73 Å². The zero-order valence-electron chi connectivity index (χ0n) is 12.2. The molecule has 2 rings (SSSR count). The summed E-state index contributed by atoms with van der Waals surface area (Å²) < 4.78 is 5.58. The summed E-state index contributed by atoms with van der Waals surface area (Å²) in [6.45, 7) is 3.61. The van der Waals surface area contributed by atoms with Crippen molar-refractivity contribution in [2.45, 2.75) is 38.6 Å². The van der Waals surface area contributed by atoms with Crippen molar-refractivity contribution in [3.8, 4) is 5.75 Å². The average molecular weight is 276 g/mol. The summed E-state index contributed by atoms with van der Waals surface area (Å²) in [7, 11) is 0. The number of aryl methyl sites for hydroxylation is 1. The van der Waals surface area contributed by atoms with Gasteiger partial charge in [0.25, 0.3) is 5.91 Å². The number of benzene rings is 1. The van der Waals surface area contributed by atoms with Crippen LogP contribution in [0.4, 0.5) is 0 Å². The number of hydrogen-bond donors (Lipinski definition) is 1. The molecule has 1 aliphatic rings. The van der Waals surface area contributed by atoms with E-state index in [1.54, 1.807) is 0 Å². The minimum Gasteiger partial charge on any atom is -0.484 e. The van der Waals surface area contributed by atoms with Gasteiger partial charge in [-0.05, 0) is 51.3 Å². The fourth-order valence-electron chi connectivity index (χ4n) is 2.68. The third kappa shape index (κ3) is 3.97. The molecule has 4 heteroatoms. The molecule has 1 aliphatic heterocycles. The SMILES string of the molecule is Cc1ccc(OCC(=O)N2CCCCC2CCN)cc1. The summed E-state index contributed by atoms with van der Waals surface area (Å²) >= 11 is 0. The third-order valence-corrected chi connectivity index (χ3v) is 3.83. The molecule has 1 unspecified atom stereocenters. The summed E-state index contributed by atoms with van der Waals surface area (Å²) in [5.74, 6) is 0.819. The van der Waals surface area contributed by atoms with E-state index < -0.39 is 0 Å². The molecule has 1 heterocycles. The Morgan fingerprint density at radius 1 is 1.35 bits per heavy atom. The molecular formula is C16H24N2O2. The molecule has 0 aliphatic carbocycles. The Bertz CT molecular complexity index is 429. The van der Waals surface area contributed by atoms with Crippen molar-refractivity contribution >= 4 is 5.91 Å². The van der Waals surface area contributed by atoms with E-state index in [1.807, 2.05) is 36.1 Å². The number of nitrogens with zero attached hydrogens (tertiary/aromatic N) is 1. The smallest absolute Gasteiger partial charge is 0.260 e. The Balaban J connectivity index is 1.88. The van der Waals surface area contributed by atoms with Gasteiger partial charge in [0.15, 0.2) is 6.61 Å². The van der Waals surface area contributed by atoms with E-state index in [0.29, 0.717) is 12.6 Å². The van der Waals surface area contributed by atoms with Gasteiger partial charge in [-0.1, -0.05) is 17.7 Å². The van der Waals surface area contributed by atoms with Crippen LogP contribution < -0.4 is 10.5 Å². The fraction of sp³-hybridized carbons (Fsp3) is 0.562. The topological polar surface area (TPSA) is 55.6 Å². The Morgan fingerprint density at radius 3 is 2.80 bits per heavy atom. The number of rotatable bonds is 5. The summed E-state index contributed by atoms with van der Waals surface area (Å²) in [5.41, 5.74) is 6.81. The predicted octanol–water partition coefficient (Wildman–Crippen LogP) is 2.10. The Hall–Kier alpha value is -1.55. The summed E-state index contributed by atoms with van der Waals surface area (Å²) in [6, 6.07) is 8.06. The van der Waals surface area contributed by atoms with E-state index in [0.717, 1.165) is 31.6 Å². The van der Waals surface area contributed by atoms with Gasteiger partial charge < -0.3 is 15.4 Å². The van der Waals surface area contributed by atoms with Gasteiger partial charge in [0.2, 0.25) is 0 Å². The number of ether oxygens (including phenoxy) is 1. The first-order chi connectivity index (χ1) is 9.70. The molecular weight excluding hydrogens is 252 g/mol. The van der Waals surface area contributed by atoms with Crippen molar-refractivity contribution < 1.29 is 9.53 Å². The highest BCUT2D eigenvalue weighted by Gasteiger charge is 2.26. The number of likely N-dealkylation sites (tertiary alicyclic amines) is 1. The van der Waals surface area contributed by atoms with Gasteiger partial charge in [0, 0.05) is 12.6 Å². The van der Waals surface area contributed by atoms with Crippen molar-refractivity contribution in [1.29, 1.82) is 0 Å². The molecule has 2 N–H and O–H groups in total. The van der Waals surface area contributed by atoms with E-state index in [2.05, 4.69) is 0 Å². The molecule has 1 aromatic carbocycles. The third-order valence-electron chi connectivity index (χ3n) is 3.83. The number of piperidine rings is 1. The molecule has 110 valence electrons. The normalized spacial score (nSPS) is 18.9. The molecule has 1 atom stereocenters. The zero-order chi connectivity index (χ0) is 14.4. The first-order valence-corrected chi connectivity index (χ1v) is 7.39. The number of carbonyl (C=O) groups excluding carboxylic acids is 1. The van der Waals surface area contributed by atoms with Gasteiger partial charge in [-0.15, -0.1) is 0 Å². The molecule has 1 fully saturated rings. The lowest BCUT2D eigenvalue weighted by Gasteiger charge is -2.35. The molecule has 0 spiro atoms. The maximum absolute atomic E-state index is 12.3. The van der Waals surface area contributed by atoms with E-state index >= 15 is 0 Å². The molecule has 4 nitrogen and oxygen atoms in total. The van der Waals surface area contributed by atoms with Crippen LogP contribution in [0.2, 0.25) is 0 Å². The lowest BCUT2D eigenvalue weighted by Crippen LogP contribution is -2.46. The Morgan fingerprint density at radius 2 is 2.10 bits per heavy atom. The minimum atomic E-state index is 0.0729. The van der Waals surface area contributed by atoms with Gasteiger partial charge in [0.1, 0.15) is 5.75 Å². The monoisotopic (exact) mass is 276 g/mol. The van der Waals surface area contributed by atoms with Crippen LogP contribution in [0.1, 0.15) is 31.2 Å². The van der Waals surface area contributed by atoms with Crippen LogP contribution in [0.5, 0.6) is 5.75 Å². The Labute approximate surface area is 120 Å². The molecule has 1 saturated heterocycles. The molecule has 0 radical (unpaired) electrons. The molecule has 0 aromatic heterocycles. The lowest BCUT2D eigenvalue weighted by molar-refractivity contribution is -0.137. The van der Waals surface area contributed by atoms with Crippen molar-refractivity contribution in [3.05, 3.63) is 29.8 Å². The summed E-state index contributed by atoms with van der Waals surface area (Å²) in [4.78, 5) is 14.2. The number of hydrogen-bond acceptors (Lipinski definition) is 3. The van der Waals surface area contributed by atoms with Crippen LogP contribution in [-0.2, 0) is 4.79 Å². The second-order valence-electron chi connectivity index (χ2n) is 5.42. The number of carbonyl (C=O) groups is 1. The van der Waals surface area contributed by atoms with Gasteiger partial charge in [-0.3, -0.25) is 4.79 Å².